The fraction of sp³-hybridized carbons (Fsp3) is 0.833. The van der Waals surface area contributed by atoms with Crippen molar-refractivity contribution in [2.24, 2.45) is 0 Å². The van der Waals surface area contributed by atoms with Crippen molar-refractivity contribution in [3.05, 3.63) is 11.7 Å². The van der Waals surface area contributed by atoms with Crippen molar-refractivity contribution >= 4 is 0 Å². The lowest BCUT2D eigenvalue weighted by molar-refractivity contribution is -0.272. The lowest BCUT2D eigenvalue weighted by atomic mass is 9.91. The van der Waals surface area contributed by atoms with E-state index in [1.165, 1.54) is 0 Å². The molecule has 1 saturated heterocycles. The molecule has 112 valence electrons. The zero-order chi connectivity index (χ0) is 14.4. The zero-order valence-corrected chi connectivity index (χ0v) is 10.9. The van der Waals surface area contributed by atoms with Gasteiger partial charge in [-0.15, -0.1) is 0 Å². The monoisotopic (exact) mass is 291 g/mol. The van der Waals surface area contributed by atoms with Crippen molar-refractivity contribution in [2.75, 3.05) is 13.1 Å². The molecule has 1 aliphatic heterocycles. The summed E-state index contributed by atoms with van der Waals surface area (Å²) < 4.78 is 43.1. The van der Waals surface area contributed by atoms with Crippen LogP contribution in [0.15, 0.2) is 4.52 Å². The molecule has 0 bridgehead atoms. The van der Waals surface area contributed by atoms with Crippen LogP contribution in [-0.4, -0.2) is 45.0 Å². The third-order valence-electron chi connectivity index (χ3n) is 3.99. The third-order valence-corrected chi connectivity index (χ3v) is 3.99. The van der Waals surface area contributed by atoms with Crippen LogP contribution in [0.5, 0.6) is 0 Å². The van der Waals surface area contributed by atoms with Gasteiger partial charge in [-0.25, -0.2) is 0 Å². The van der Waals surface area contributed by atoms with Gasteiger partial charge in [-0.1, -0.05) is 5.16 Å². The second kappa shape index (κ2) is 4.70. The van der Waals surface area contributed by atoms with Gasteiger partial charge in [0.05, 0.1) is 6.54 Å². The van der Waals surface area contributed by atoms with E-state index < -0.39 is 11.8 Å². The fourth-order valence-electron chi connectivity index (χ4n) is 2.39. The van der Waals surface area contributed by atoms with Gasteiger partial charge in [0.25, 0.3) is 0 Å². The van der Waals surface area contributed by atoms with Crippen LogP contribution in [0.4, 0.5) is 13.2 Å². The molecule has 5 nitrogen and oxygen atoms in total. The van der Waals surface area contributed by atoms with Crippen molar-refractivity contribution < 1.29 is 22.8 Å². The van der Waals surface area contributed by atoms with Crippen molar-refractivity contribution in [2.45, 2.75) is 49.9 Å². The largest absolute Gasteiger partial charge is 0.417 e. The Kier molecular flexibility index (Phi) is 3.24. The van der Waals surface area contributed by atoms with Crippen LogP contribution in [0.2, 0.25) is 0 Å². The van der Waals surface area contributed by atoms with E-state index in [1.54, 1.807) is 0 Å². The number of hydrogen-bond donors (Lipinski definition) is 1. The van der Waals surface area contributed by atoms with Crippen molar-refractivity contribution in [1.29, 1.82) is 0 Å². The number of alkyl halides is 3. The van der Waals surface area contributed by atoms with Crippen LogP contribution in [0, 0.1) is 0 Å². The summed E-state index contributed by atoms with van der Waals surface area (Å²) in [6.07, 6.45) is -3.08. The van der Waals surface area contributed by atoms with E-state index >= 15 is 0 Å². The van der Waals surface area contributed by atoms with E-state index in [4.69, 9.17) is 4.52 Å². The molecule has 0 amide bonds. The molecule has 1 aromatic heterocycles. The predicted octanol–water partition coefficient (Wildman–Crippen LogP) is 1.84. The molecule has 2 aliphatic rings. The van der Waals surface area contributed by atoms with Gasteiger partial charge in [-0.3, -0.25) is 4.90 Å². The van der Waals surface area contributed by atoms with E-state index in [2.05, 4.69) is 10.1 Å². The quantitative estimate of drug-likeness (QED) is 0.920. The van der Waals surface area contributed by atoms with E-state index in [1.807, 2.05) is 4.90 Å². The average molecular weight is 291 g/mol. The number of aromatic nitrogens is 2. The first kappa shape index (κ1) is 13.8. The Hall–Kier alpha value is -1.15. The number of hydrogen-bond acceptors (Lipinski definition) is 5. The minimum Gasteiger partial charge on any atom is -0.380 e. The molecule has 8 heteroatoms. The predicted molar refractivity (Wildman–Crippen MR) is 61.8 cm³/mol. The van der Waals surface area contributed by atoms with Crippen LogP contribution in [0.25, 0.3) is 0 Å². The Morgan fingerprint density at radius 3 is 2.50 bits per heavy atom. The van der Waals surface area contributed by atoms with E-state index in [0.717, 1.165) is 12.8 Å². The Morgan fingerprint density at radius 1 is 1.30 bits per heavy atom. The maximum Gasteiger partial charge on any atom is 0.417 e. The molecule has 0 unspecified atom stereocenters. The Morgan fingerprint density at radius 2 is 1.95 bits per heavy atom. The van der Waals surface area contributed by atoms with Crippen LogP contribution < -0.4 is 0 Å². The first-order chi connectivity index (χ1) is 9.37. The molecule has 2 fully saturated rings. The van der Waals surface area contributed by atoms with Crippen molar-refractivity contribution in [1.82, 2.24) is 15.0 Å². The minimum absolute atomic E-state index is 0.170. The Balaban J connectivity index is 1.55. The van der Waals surface area contributed by atoms with Gasteiger partial charge in [0.2, 0.25) is 5.89 Å². The van der Waals surface area contributed by atoms with E-state index in [0.29, 0.717) is 24.2 Å². The first-order valence-electron chi connectivity index (χ1n) is 6.71. The molecular weight excluding hydrogens is 275 g/mol. The third kappa shape index (κ3) is 2.67. The van der Waals surface area contributed by atoms with Gasteiger partial charge < -0.3 is 9.63 Å². The molecule has 2 heterocycles. The normalized spacial score (nSPS) is 24.0. The van der Waals surface area contributed by atoms with Gasteiger partial charge >= 0.3 is 6.18 Å². The van der Waals surface area contributed by atoms with Gasteiger partial charge in [0.1, 0.15) is 0 Å². The molecule has 1 aromatic rings. The second-order valence-corrected chi connectivity index (χ2v) is 5.63. The maximum absolute atomic E-state index is 12.7. The lowest BCUT2D eigenvalue weighted by Crippen LogP contribution is -2.53. The standard InChI is InChI=1S/C12H16F3N3O2/c13-12(14,15)11(19)3-5-18(6-4-11)7-9-16-10(20-17-9)8-1-2-8/h8,19H,1-7H2. The zero-order valence-electron chi connectivity index (χ0n) is 10.9. The van der Waals surface area contributed by atoms with Crippen LogP contribution >= 0.6 is 0 Å². The second-order valence-electron chi connectivity index (χ2n) is 5.63. The highest BCUT2D eigenvalue weighted by atomic mass is 19.4. The van der Waals surface area contributed by atoms with Gasteiger partial charge in [-0.2, -0.15) is 18.2 Å². The number of halogens is 3. The highest BCUT2D eigenvalue weighted by Crippen LogP contribution is 2.40. The Labute approximate surface area is 113 Å². The summed E-state index contributed by atoms with van der Waals surface area (Å²) in [5.74, 6) is 1.50. The summed E-state index contributed by atoms with van der Waals surface area (Å²) in [5, 5.41) is 13.4. The minimum atomic E-state index is -4.57. The van der Waals surface area contributed by atoms with Crippen LogP contribution in [0.3, 0.4) is 0 Å². The summed E-state index contributed by atoms with van der Waals surface area (Å²) >= 11 is 0. The van der Waals surface area contributed by atoms with Gasteiger partial charge in [0, 0.05) is 19.0 Å². The topological polar surface area (TPSA) is 62.4 Å². The van der Waals surface area contributed by atoms with Crippen molar-refractivity contribution in [3.63, 3.8) is 0 Å². The van der Waals surface area contributed by atoms with Crippen molar-refractivity contribution in [3.8, 4) is 0 Å². The summed E-state index contributed by atoms with van der Waals surface area (Å²) in [7, 11) is 0. The van der Waals surface area contributed by atoms with Crippen LogP contribution in [-0.2, 0) is 6.54 Å². The summed E-state index contributed by atoms with van der Waals surface area (Å²) in [4.78, 5) is 6.05. The molecule has 3 rings (SSSR count). The molecule has 0 aromatic carbocycles. The molecule has 0 atom stereocenters. The van der Waals surface area contributed by atoms with Gasteiger partial charge in [-0.05, 0) is 25.7 Å². The number of nitrogens with zero attached hydrogens (tertiary/aromatic N) is 3. The lowest BCUT2D eigenvalue weighted by Gasteiger charge is -2.38. The highest BCUT2D eigenvalue weighted by Gasteiger charge is 2.54. The average Bonchev–Trinajstić information content (AvgIpc) is 3.12. The first-order valence-corrected chi connectivity index (χ1v) is 6.71. The number of piperidine rings is 1. The molecular formula is C12H16F3N3O2. The van der Waals surface area contributed by atoms with Crippen LogP contribution in [0.1, 0.15) is 43.3 Å². The molecule has 20 heavy (non-hydrogen) atoms. The summed E-state index contributed by atoms with van der Waals surface area (Å²) in [5.41, 5.74) is -2.56. The molecule has 0 spiro atoms. The fourth-order valence-corrected chi connectivity index (χ4v) is 2.39. The Bertz CT molecular complexity index is 477. The number of aliphatic hydroxyl groups is 1. The maximum atomic E-state index is 12.7. The van der Waals surface area contributed by atoms with E-state index in [-0.39, 0.29) is 25.9 Å². The number of rotatable bonds is 3. The molecule has 1 N–H and O–H groups in total. The SMILES string of the molecule is OC1(C(F)(F)F)CCN(Cc2noc(C3CC3)n2)CC1. The van der Waals surface area contributed by atoms with E-state index in [9.17, 15) is 18.3 Å². The van der Waals surface area contributed by atoms with Gasteiger partial charge in [0.15, 0.2) is 11.4 Å². The summed E-state index contributed by atoms with van der Waals surface area (Å²) in [6.45, 7) is 0.705. The highest BCUT2D eigenvalue weighted by molar-refractivity contribution is 5.02. The molecule has 1 saturated carbocycles. The molecule has 1 aliphatic carbocycles. The summed E-state index contributed by atoms with van der Waals surface area (Å²) in [6, 6.07) is 0. The molecule has 0 radical (unpaired) electrons. The smallest absolute Gasteiger partial charge is 0.380 e. The number of likely N-dealkylation sites (tertiary alicyclic amines) is 1.